The van der Waals surface area contributed by atoms with E-state index in [0.29, 0.717) is 0 Å². The highest BCUT2D eigenvalue weighted by molar-refractivity contribution is 7.99. The first-order valence-electron chi connectivity index (χ1n) is 9.79. The lowest BCUT2D eigenvalue weighted by Gasteiger charge is -2.42. The van der Waals surface area contributed by atoms with Crippen molar-refractivity contribution in [1.29, 1.82) is 0 Å². The van der Waals surface area contributed by atoms with E-state index >= 15 is 0 Å². The van der Waals surface area contributed by atoms with E-state index in [0.717, 1.165) is 5.75 Å². The van der Waals surface area contributed by atoms with Gasteiger partial charge in [-0.25, -0.2) is 0 Å². The zero-order chi connectivity index (χ0) is 18.9. The highest BCUT2D eigenvalue weighted by atomic mass is 32.2. The van der Waals surface area contributed by atoms with Crippen LogP contribution in [-0.4, -0.2) is 5.75 Å². The van der Waals surface area contributed by atoms with Crippen LogP contribution >= 0.6 is 11.8 Å². The lowest BCUT2D eigenvalue weighted by molar-refractivity contribution is 0.332. The van der Waals surface area contributed by atoms with Gasteiger partial charge in [0.05, 0.1) is 0 Å². The molecule has 0 heterocycles. The monoisotopic (exact) mass is 364 g/mol. The number of benzene rings is 2. The molecule has 0 fully saturated rings. The van der Waals surface area contributed by atoms with Crippen molar-refractivity contribution in [3.05, 3.63) is 64.7 Å². The molecule has 26 heavy (non-hydrogen) atoms. The van der Waals surface area contributed by atoms with Crippen molar-refractivity contribution in [1.82, 2.24) is 0 Å². The maximum Gasteiger partial charge on any atom is 0.00722 e. The first-order chi connectivity index (χ1) is 12.2. The van der Waals surface area contributed by atoms with Crippen molar-refractivity contribution >= 4 is 23.4 Å². The molecule has 0 saturated carbocycles. The van der Waals surface area contributed by atoms with Crippen molar-refractivity contribution in [3.8, 4) is 0 Å². The molecule has 1 aliphatic carbocycles. The van der Waals surface area contributed by atoms with E-state index in [-0.39, 0.29) is 10.8 Å². The highest BCUT2D eigenvalue weighted by Crippen LogP contribution is 2.46. The number of thioether (sulfide) groups is 1. The molecule has 0 N–H and O–H groups in total. The van der Waals surface area contributed by atoms with E-state index < -0.39 is 0 Å². The largest absolute Gasteiger partial charge is 0.126 e. The second-order valence-electron chi connectivity index (χ2n) is 8.86. The first-order valence-corrected chi connectivity index (χ1v) is 10.8. The van der Waals surface area contributed by atoms with Crippen LogP contribution in [0.5, 0.6) is 0 Å². The second-order valence-corrected chi connectivity index (χ2v) is 10.2. The Morgan fingerprint density at radius 3 is 2.15 bits per heavy atom. The maximum absolute atomic E-state index is 2.45. The van der Waals surface area contributed by atoms with E-state index in [1.165, 1.54) is 45.6 Å². The molecule has 1 aliphatic rings. The molecule has 0 aliphatic heterocycles. The van der Waals surface area contributed by atoms with Crippen molar-refractivity contribution in [2.24, 2.45) is 0 Å². The number of hydrogen-bond donors (Lipinski definition) is 0. The molecule has 138 valence electrons. The normalized spacial score (nSPS) is 18.5. The molecule has 2 aromatic rings. The molecule has 0 nitrogen and oxygen atoms in total. The van der Waals surface area contributed by atoms with Crippen LogP contribution in [0, 0.1) is 0 Å². The van der Waals surface area contributed by atoms with E-state index in [2.05, 4.69) is 90.1 Å². The lowest BCUT2D eigenvalue weighted by Crippen LogP contribution is -2.33. The molecule has 0 radical (unpaired) electrons. The third-order valence-corrected chi connectivity index (χ3v) is 6.78. The van der Waals surface area contributed by atoms with Crippen LogP contribution in [0.2, 0.25) is 0 Å². The SMILES string of the molecule is CCSc1ccc(C=C(C)c2ccc3c(c2)C(C)(C)CCC3(C)C)cc1. The van der Waals surface area contributed by atoms with Gasteiger partial charge in [-0.3, -0.25) is 0 Å². The smallest absolute Gasteiger partial charge is 0.00722 e. The quantitative estimate of drug-likeness (QED) is 0.395. The summed E-state index contributed by atoms with van der Waals surface area (Å²) in [6.45, 7) is 14.0. The fraction of sp³-hybridized carbons (Fsp3) is 0.440. The summed E-state index contributed by atoms with van der Waals surface area (Å²) in [6.07, 6.45) is 4.84. The van der Waals surface area contributed by atoms with Gasteiger partial charge in [-0.2, -0.15) is 0 Å². The molecular weight excluding hydrogens is 332 g/mol. The minimum absolute atomic E-state index is 0.264. The second kappa shape index (κ2) is 7.27. The topological polar surface area (TPSA) is 0 Å². The van der Waals surface area contributed by atoms with Gasteiger partial charge in [-0.15, -0.1) is 11.8 Å². The first kappa shape index (κ1) is 19.3. The molecule has 0 bridgehead atoms. The van der Waals surface area contributed by atoms with E-state index in [9.17, 15) is 0 Å². The average molecular weight is 365 g/mol. The maximum atomic E-state index is 2.45. The van der Waals surface area contributed by atoms with Crippen LogP contribution in [0.3, 0.4) is 0 Å². The van der Waals surface area contributed by atoms with Gasteiger partial charge in [0.1, 0.15) is 0 Å². The molecule has 3 rings (SSSR count). The molecule has 0 aromatic heterocycles. The number of allylic oxidation sites excluding steroid dienone is 1. The molecule has 1 heteroatoms. The van der Waals surface area contributed by atoms with Gasteiger partial charge in [-0.1, -0.05) is 71.0 Å². The predicted molar refractivity (Wildman–Crippen MR) is 118 cm³/mol. The van der Waals surface area contributed by atoms with Gasteiger partial charge >= 0.3 is 0 Å². The molecule has 0 saturated heterocycles. The highest BCUT2D eigenvalue weighted by Gasteiger charge is 2.36. The summed E-state index contributed by atoms with van der Waals surface area (Å²) in [5.41, 5.74) is 7.58. The Hall–Kier alpha value is -1.47. The molecule has 0 amide bonds. The van der Waals surface area contributed by atoms with Crippen LogP contribution in [0.25, 0.3) is 11.6 Å². The van der Waals surface area contributed by atoms with Gasteiger partial charge in [0.25, 0.3) is 0 Å². The lowest BCUT2D eigenvalue weighted by atomic mass is 9.63. The minimum Gasteiger partial charge on any atom is -0.126 e. The fourth-order valence-corrected chi connectivity index (χ4v) is 4.66. The Labute approximate surface area is 164 Å². The number of fused-ring (bicyclic) bond motifs is 1. The van der Waals surface area contributed by atoms with Crippen molar-refractivity contribution in [3.63, 3.8) is 0 Å². The van der Waals surface area contributed by atoms with Crippen molar-refractivity contribution < 1.29 is 0 Å². The van der Waals surface area contributed by atoms with Gasteiger partial charge in [0, 0.05) is 4.90 Å². The summed E-state index contributed by atoms with van der Waals surface area (Å²) in [4.78, 5) is 1.35. The summed E-state index contributed by atoms with van der Waals surface area (Å²) in [5, 5.41) is 0. The Balaban J connectivity index is 1.94. The van der Waals surface area contributed by atoms with Gasteiger partial charge in [0.2, 0.25) is 0 Å². The van der Waals surface area contributed by atoms with E-state index in [1.54, 1.807) is 0 Å². The third-order valence-electron chi connectivity index (χ3n) is 5.88. The standard InChI is InChI=1S/C25H32S/c1-7-26-21-11-8-19(9-12-21)16-18(2)20-10-13-22-23(17-20)25(5,6)15-14-24(22,3)4/h8-13,16-17H,7,14-15H2,1-6H3. The van der Waals surface area contributed by atoms with Gasteiger partial charge in [0.15, 0.2) is 0 Å². The van der Waals surface area contributed by atoms with E-state index in [1.807, 2.05) is 11.8 Å². The summed E-state index contributed by atoms with van der Waals surface area (Å²) in [7, 11) is 0. The zero-order valence-corrected chi connectivity index (χ0v) is 18.0. The van der Waals surface area contributed by atoms with Crippen LogP contribution in [0.4, 0.5) is 0 Å². The fourth-order valence-electron chi connectivity index (χ4n) is 3.99. The zero-order valence-electron chi connectivity index (χ0n) is 17.1. The van der Waals surface area contributed by atoms with Crippen LogP contribution < -0.4 is 0 Å². The van der Waals surface area contributed by atoms with Crippen LogP contribution in [0.1, 0.15) is 76.6 Å². The molecular formula is C25H32S. The molecule has 0 atom stereocenters. The Morgan fingerprint density at radius 1 is 0.923 bits per heavy atom. The van der Waals surface area contributed by atoms with Gasteiger partial charge in [-0.05, 0) is 76.3 Å². The van der Waals surface area contributed by atoms with Crippen molar-refractivity contribution in [2.45, 2.75) is 70.1 Å². The number of rotatable bonds is 4. The molecule has 2 aromatic carbocycles. The third kappa shape index (κ3) is 3.93. The summed E-state index contributed by atoms with van der Waals surface area (Å²) in [6, 6.07) is 16.1. The summed E-state index contributed by atoms with van der Waals surface area (Å²) < 4.78 is 0. The molecule has 0 spiro atoms. The Kier molecular flexibility index (Phi) is 5.40. The number of hydrogen-bond acceptors (Lipinski definition) is 1. The van der Waals surface area contributed by atoms with Crippen LogP contribution in [-0.2, 0) is 10.8 Å². The predicted octanol–water partition coefficient (Wildman–Crippen LogP) is 7.71. The van der Waals surface area contributed by atoms with Crippen LogP contribution in [0.15, 0.2) is 47.4 Å². The van der Waals surface area contributed by atoms with Crippen molar-refractivity contribution in [2.75, 3.05) is 5.75 Å². The average Bonchev–Trinajstić information content (AvgIpc) is 2.61. The van der Waals surface area contributed by atoms with E-state index in [4.69, 9.17) is 0 Å². The Morgan fingerprint density at radius 2 is 1.54 bits per heavy atom. The van der Waals surface area contributed by atoms with Gasteiger partial charge < -0.3 is 0 Å². The summed E-state index contributed by atoms with van der Waals surface area (Å²) in [5.74, 6) is 1.12. The molecule has 0 unspecified atom stereocenters. The minimum atomic E-state index is 0.264. The summed E-state index contributed by atoms with van der Waals surface area (Å²) >= 11 is 1.89. The Bertz CT molecular complexity index is 807.